The van der Waals surface area contributed by atoms with Crippen LogP contribution in [-0.4, -0.2) is 89.6 Å². The molecule has 1 rings (SSSR count). The number of carbonyl (C=O) groups is 1. The third kappa shape index (κ3) is 33.4. The van der Waals surface area contributed by atoms with Crippen LogP contribution in [0.25, 0.3) is 0 Å². The molecule has 0 aromatic carbocycles. The highest BCUT2D eigenvalue weighted by atomic mass is 16.7. The highest BCUT2D eigenvalue weighted by molar-refractivity contribution is 5.69. The molecule has 1 heterocycles. The molecule has 0 amide bonds. The largest absolute Gasteiger partial charge is 0.457 e. The summed E-state index contributed by atoms with van der Waals surface area (Å²) in [6.07, 6.45) is 54.3. The maximum atomic E-state index is 12.7. The fraction of sp³-hybridized carbons (Fsp3) is 0.642. The average molecular weight is 867 g/mol. The van der Waals surface area contributed by atoms with Gasteiger partial charge in [-0.1, -0.05) is 175 Å². The second kappa shape index (κ2) is 43.1. The highest BCUT2D eigenvalue weighted by Crippen LogP contribution is 2.22. The van der Waals surface area contributed by atoms with E-state index < -0.39 is 49.4 Å². The van der Waals surface area contributed by atoms with Crippen LogP contribution in [0.15, 0.2) is 109 Å². The standard InChI is InChI=1S/C53H86O9/c1-3-5-7-9-11-13-15-17-18-19-20-21-22-23-24-25-26-27-28-29-31-33-35-37-39-41-43-59-45-47(46-60-53-52(58)51(57)50(56)48(44-54)62-53)61-49(55)42-40-38-36-34-32-30-16-14-12-10-8-6-4-2/h5-8,11-14,17-18,20-21,23-24,30,32,36,38,47-48,50-54,56-58H,3-4,9-10,15-16,19,22,25-29,31,33-35,37,39-46H2,1-2H3/b7-5-,8-6-,13-11-,14-12-,18-17-,21-20-,24-23-,32-30-,38-36-. The number of allylic oxidation sites excluding steroid dienone is 18. The van der Waals surface area contributed by atoms with Gasteiger partial charge < -0.3 is 39.4 Å². The number of carbonyl (C=O) groups excluding carboxylic acids is 1. The first-order valence-electron chi connectivity index (χ1n) is 24.0. The molecule has 9 nitrogen and oxygen atoms in total. The van der Waals surface area contributed by atoms with E-state index in [0.29, 0.717) is 13.0 Å². The maximum Gasteiger partial charge on any atom is 0.306 e. The number of aliphatic hydroxyl groups excluding tert-OH is 4. The first-order valence-corrected chi connectivity index (χ1v) is 24.0. The molecule has 0 spiro atoms. The fourth-order valence-electron chi connectivity index (χ4n) is 6.53. The van der Waals surface area contributed by atoms with E-state index in [0.717, 1.165) is 83.5 Å². The predicted molar refractivity (Wildman–Crippen MR) is 256 cm³/mol. The molecule has 6 atom stereocenters. The van der Waals surface area contributed by atoms with E-state index >= 15 is 0 Å². The lowest BCUT2D eigenvalue weighted by Gasteiger charge is -2.39. The number of ether oxygens (including phenoxy) is 4. The van der Waals surface area contributed by atoms with Crippen molar-refractivity contribution in [1.29, 1.82) is 0 Å². The van der Waals surface area contributed by atoms with Crippen molar-refractivity contribution in [3.05, 3.63) is 109 Å². The Labute approximate surface area is 376 Å². The van der Waals surface area contributed by atoms with Crippen LogP contribution < -0.4 is 0 Å². The molecule has 1 fully saturated rings. The van der Waals surface area contributed by atoms with Gasteiger partial charge in [-0.2, -0.15) is 0 Å². The van der Waals surface area contributed by atoms with Crippen LogP contribution >= 0.6 is 0 Å². The molecular formula is C53H86O9. The highest BCUT2D eigenvalue weighted by Gasteiger charge is 2.44. The number of hydrogen-bond donors (Lipinski definition) is 4. The molecule has 0 bridgehead atoms. The predicted octanol–water partition coefficient (Wildman–Crippen LogP) is 11.4. The molecule has 0 saturated carbocycles. The first kappa shape index (κ1) is 56.9. The molecule has 4 N–H and O–H groups in total. The summed E-state index contributed by atoms with van der Waals surface area (Å²) >= 11 is 0. The van der Waals surface area contributed by atoms with E-state index in [9.17, 15) is 25.2 Å². The van der Waals surface area contributed by atoms with E-state index in [1.54, 1.807) is 0 Å². The van der Waals surface area contributed by atoms with Crippen molar-refractivity contribution >= 4 is 5.97 Å². The molecule has 0 aliphatic carbocycles. The molecule has 6 unspecified atom stereocenters. The number of hydrogen-bond acceptors (Lipinski definition) is 9. The van der Waals surface area contributed by atoms with Crippen molar-refractivity contribution in [3.63, 3.8) is 0 Å². The van der Waals surface area contributed by atoms with E-state index in [1.807, 2.05) is 12.2 Å². The Balaban J connectivity index is 2.23. The quantitative estimate of drug-likeness (QED) is 0.0271. The average Bonchev–Trinajstić information content (AvgIpc) is 3.27. The van der Waals surface area contributed by atoms with Gasteiger partial charge >= 0.3 is 5.97 Å². The van der Waals surface area contributed by atoms with Crippen molar-refractivity contribution in [1.82, 2.24) is 0 Å². The number of unbranched alkanes of at least 4 members (excludes halogenated alkanes) is 10. The Kier molecular flexibility index (Phi) is 39.5. The molecule has 1 aliphatic heterocycles. The zero-order chi connectivity index (χ0) is 45.0. The molecule has 0 radical (unpaired) electrons. The van der Waals surface area contributed by atoms with Gasteiger partial charge in [-0.15, -0.1) is 0 Å². The molecule has 0 aromatic rings. The maximum absolute atomic E-state index is 12.7. The Morgan fingerprint density at radius 1 is 0.516 bits per heavy atom. The van der Waals surface area contributed by atoms with Gasteiger partial charge in [0.05, 0.1) is 19.8 Å². The van der Waals surface area contributed by atoms with Crippen LogP contribution in [0, 0.1) is 0 Å². The van der Waals surface area contributed by atoms with Gasteiger partial charge in [-0.3, -0.25) is 4.79 Å². The van der Waals surface area contributed by atoms with Crippen LogP contribution in [0.2, 0.25) is 0 Å². The summed E-state index contributed by atoms with van der Waals surface area (Å²) in [6, 6.07) is 0. The van der Waals surface area contributed by atoms with Gasteiger partial charge in [0, 0.05) is 13.0 Å². The van der Waals surface area contributed by atoms with Gasteiger partial charge in [0.2, 0.25) is 0 Å². The van der Waals surface area contributed by atoms with E-state index in [-0.39, 0.29) is 19.6 Å². The first-order chi connectivity index (χ1) is 30.4. The summed E-state index contributed by atoms with van der Waals surface area (Å²) in [5.74, 6) is -0.399. The second-order valence-corrected chi connectivity index (χ2v) is 15.8. The van der Waals surface area contributed by atoms with Crippen molar-refractivity contribution < 1.29 is 44.2 Å². The lowest BCUT2D eigenvalue weighted by molar-refractivity contribution is -0.305. The molecular weight excluding hydrogens is 781 g/mol. The van der Waals surface area contributed by atoms with Gasteiger partial charge in [0.1, 0.15) is 30.5 Å². The smallest absolute Gasteiger partial charge is 0.306 e. The van der Waals surface area contributed by atoms with Gasteiger partial charge in [0.15, 0.2) is 6.29 Å². The van der Waals surface area contributed by atoms with Gasteiger partial charge in [-0.25, -0.2) is 0 Å². The van der Waals surface area contributed by atoms with E-state index in [4.69, 9.17) is 18.9 Å². The molecule has 352 valence electrons. The monoisotopic (exact) mass is 867 g/mol. The molecule has 1 saturated heterocycles. The molecule has 62 heavy (non-hydrogen) atoms. The Bertz CT molecular complexity index is 1310. The second-order valence-electron chi connectivity index (χ2n) is 15.8. The summed E-state index contributed by atoms with van der Waals surface area (Å²) < 4.78 is 22.7. The van der Waals surface area contributed by atoms with Crippen molar-refractivity contribution in [2.75, 3.05) is 26.4 Å². The minimum Gasteiger partial charge on any atom is -0.457 e. The normalized spacial score (nSPS) is 20.8. The molecule has 9 heteroatoms. The van der Waals surface area contributed by atoms with Crippen molar-refractivity contribution in [2.45, 2.75) is 192 Å². The Morgan fingerprint density at radius 2 is 0.935 bits per heavy atom. The number of rotatable bonds is 39. The van der Waals surface area contributed by atoms with E-state index in [2.05, 4.69) is 111 Å². The minimum absolute atomic E-state index is 0.105. The summed E-state index contributed by atoms with van der Waals surface area (Å²) in [6.45, 7) is 4.20. The SMILES string of the molecule is CC/C=C\C/C=C\C/C=C\C/C=C\C/C=C\CCCCCCCCCCCCOCC(COC1OC(CO)C(O)C(O)C1O)OC(=O)CC/C=C\C/C=C\C/C=C\C/C=C\CC. The zero-order valence-electron chi connectivity index (χ0n) is 38.6. The summed E-state index contributed by atoms with van der Waals surface area (Å²) in [4.78, 5) is 12.7. The van der Waals surface area contributed by atoms with Crippen LogP contribution in [0.5, 0.6) is 0 Å². The van der Waals surface area contributed by atoms with Crippen LogP contribution in [0.1, 0.15) is 155 Å². The lowest BCUT2D eigenvalue weighted by atomic mass is 9.99. The molecule has 1 aliphatic rings. The topological polar surface area (TPSA) is 135 Å². The Hall–Kier alpha value is -3.15. The molecule has 0 aromatic heterocycles. The van der Waals surface area contributed by atoms with Crippen LogP contribution in [0.4, 0.5) is 0 Å². The van der Waals surface area contributed by atoms with E-state index in [1.165, 1.54) is 44.9 Å². The number of esters is 1. The van der Waals surface area contributed by atoms with Gasteiger partial charge in [-0.05, 0) is 83.5 Å². The van der Waals surface area contributed by atoms with Gasteiger partial charge in [0.25, 0.3) is 0 Å². The summed E-state index contributed by atoms with van der Waals surface area (Å²) in [7, 11) is 0. The third-order valence-electron chi connectivity index (χ3n) is 10.2. The minimum atomic E-state index is -1.56. The van der Waals surface area contributed by atoms with Crippen LogP contribution in [-0.2, 0) is 23.7 Å². The zero-order valence-corrected chi connectivity index (χ0v) is 38.6. The Morgan fingerprint density at radius 3 is 1.40 bits per heavy atom. The fourth-order valence-corrected chi connectivity index (χ4v) is 6.53. The summed E-state index contributed by atoms with van der Waals surface area (Å²) in [5, 5.41) is 40.1. The lowest BCUT2D eigenvalue weighted by Crippen LogP contribution is -2.59. The summed E-state index contributed by atoms with van der Waals surface area (Å²) in [5.41, 5.74) is 0. The van der Waals surface area contributed by atoms with Crippen LogP contribution in [0.3, 0.4) is 0 Å². The number of aliphatic hydroxyl groups is 4. The van der Waals surface area contributed by atoms with Crippen molar-refractivity contribution in [2.24, 2.45) is 0 Å². The third-order valence-corrected chi connectivity index (χ3v) is 10.2. The van der Waals surface area contributed by atoms with Crippen molar-refractivity contribution in [3.8, 4) is 0 Å².